The molecule has 0 bridgehead atoms. The van der Waals surface area contributed by atoms with E-state index in [1.54, 1.807) is 0 Å². The van der Waals surface area contributed by atoms with Crippen LogP contribution in [0.3, 0.4) is 0 Å². The summed E-state index contributed by atoms with van der Waals surface area (Å²) in [5.41, 5.74) is 2.45. The SMILES string of the molecule is CN(C)Cc1cc(C2CCN(C(=O)C3CCCNC3)CC2)nn1C. The zero-order valence-electron chi connectivity index (χ0n) is 15.3. The number of aromatic nitrogens is 2. The van der Waals surface area contributed by atoms with E-state index < -0.39 is 0 Å². The summed E-state index contributed by atoms with van der Waals surface area (Å²) in [7, 11) is 6.19. The van der Waals surface area contributed by atoms with Gasteiger partial charge in [0.1, 0.15) is 0 Å². The molecule has 2 aliphatic rings. The molecule has 0 aliphatic carbocycles. The highest BCUT2D eigenvalue weighted by Crippen LogP contribution is 2.29. The number of rotatable bonds is 4. The largest absolute Gasteiger partial charge is 0.342 e. The van der Waals surface area contributed by atoms with Gasteiger partial charge < -0.3 is 15.1 Å². The number of likely N-dealkylation sites (tertiary alicyclic amines) is 1. The number of nitrogens with zero attached hydrogens (tertiary/aromatic N) is 4. The fraction of sp³-hybridized carbons (Fsp3) is 0.778. The summed E-state index contributed by atoms with van der Waals surface area (Å²) < 4.78 is 2.00. The molecule has 1 N–H and O–H groups in total. The first-order chi connectivity index (χ1) is 11.5. The molecule has 1 aromatic rings. The average Bonchev–Trinajstić information content (AvgIpc) is 2.95. The highest BCUT2D eigenvalue weighted by atomic mass is 16.2. The van der Waals surface area contributed by atoms with Crippen LogP contribution in [-0.2, 0) is 18.4 Å². The Morgan fingerprint density at radius 3 is 2.71 bits per heavy atom. The number of hydrogen-bond donors (Lipinski definition) is 1. The van der Waals surface area contributed by atoms with E-state index in [-0.39, 0.29) is 5.92 Å². The Kier molecular flexibility index (Phi) is 5.56. The van der Waals surface area contributed by atoms with E-state index in [0.29, 0.717) is 11.8 Å². The predicted molar refractivity (Wildman–Crippen MR) is 94.7 cm³/mol. The minimum Gasteiger partial charge on any atom is -0.342 e. The molecular formula is C18H31N5O. The third-order valence-electron chi connectivity index (χ3n) is 5.34. The Hall–Kier alpha value is -1.40. The highest BCUT2D eigenvalue weighted by molar-refractivity contribution is 5.79. The van der Waals surface area contributed by atoms with Gasteiger partial charge in [0.15, 0.2) is 0 Å². The first-order valence-corrected chi connectivity index (χ1v) is 9.21. The fourth-order valence-corrected chi connectivity index (χ4v) is 3.92. The summed E-state index contributed by atoms with van der Waals surface area (Å²) in [6.07, 6.45) is 4.23. The number of hydrogen-bond acceptors (Lipinski definition) is 4. The maximum absolute atomic E-state index is 12.6. The van der Waals surface area contributed by atoms with Gasteiger partial charge in [0.25, 0.3) is 0 Å². The molecule has 2 aliphatic heterocycles. The van der Waals surface area contributed by atoms with Crippen LogP contribution < -0.4 is 5.32 Å². The van der Waals surface area contributed by atoms with Gasteiger partial charge in [0.2, 0.25) is 5.91 Å². The van der Waals surface area contributed by atoms with E-state index in [1.807, 2.05) is 11.7 Å². The maximum atomic E-state index is 12.6. The topological polar surface area (TPSA) is 53.4 Å². The summed E-state index contributed by atoms with van der Waals surface area (Å²) in [6, 6.07) is 2.24. The van der Waals surface area contributed by atoms with E-state index in [4.69, 9.17) is 5.10 Å². The number of amides is 1. The van der Waals surface area contributed by atoms with Crippen molar-refractivity contribution in [3.8, 4) is 0 Å². The van der Waals surface area contributed by atoms with Crippen LogP contribution in [-0.4, -0.2) is 65.8 Å². The first kappa shape index (κ1) is 17.4. The molecule has 3 rings (SSSR count). The van der Waals surface area contributed by atoms with Gasteiger partial charge in [-0.25, -0.2) is 0 Å². The summed E-state index contributed by atoms with van der Waals surface area (Å²) in [5.74, 6) is 1.03. The molecule has 0 spiro atoms. The monoisotopic (exact) mass is 333 g/mol. The van der Waals surface area contributed by atoms with E-state index in [9.17, 15) is 4.79 Å². The molecule has 0 radical (unpaired) electrons. The third kappa shape index (κ3) is 3.98. The van der Waals surface area contributed by atoms with Gasteiger partial charge in [-0.2, -0.15) is 5.10 Å². The normalized spacial score (nSPS) is 23.0. The van der Waals surface area contributed by atoms with Gasteiger partial charge in [-0.1, -0.05) is 0 Å². The van der Waals surface area contributed by atoms with Gasteiger partial charge in [0.05, 0.1) is 17.3 Å². The lowest BCUT2D eigenvalue weighted by Crippen LogP contribution is -2.45. The molecule has 2 saturated heterocycles. The van der Waals surface area contributed by atoms with Crippen LogP contribution in [0.5, 0.6) is 0 Å². The van der Waals surface area contributed by atoms with Crippen molar-refractivity contribution in [3.63, 3.8) is 0 Å². The zero-order valence-corrected chi connectivity index (χ0v) is 15.3. The van der Waals surface area contributed by atoms with Crippen molar-refractivity contribution < 1.29 is 4.79 Å². The molecule has 0 saturated carbocycles. The van der Waals surface area contributed by atoms with E-state index >= 15 is 0 Å². The molecule has 0 aromatic carbocycles. The van der Waals surface area contributed by atoms with E-state index in [1.165, 1.54) is 11.4 Å². The molecule has 6 heteroatoms. The highest BCUT2D eigenvalue weighted by Gasteiger charge is 2.30. The number of nitrogens with one attached hydrogen (secondary N) is 1. The molecule has 134 valence electrons. The smallest absolute Gasteiger partial charge is 0.226 e. The van der Waals surface area contributed by atoms with Crippen LogP contribution in [0.2, 0.25) is 0 Å². The molecule has 1 unspecified atom stereocenters. The Balaban J connectivity index is 1.56. The lowest BCUT2D eigenvalue weighted by atomic mass is 9.91. The first-order valence-electron chi connectivity index (χ1n) is 9.21. The van der Waals surface area contributed by atoms with Gasteiger partial charge in [0, 0.05) is 39.1 Å². The minimum absolute atomic E-state index is 0.192. The van der Waals surface area contributed by atoms with Crippen molar-refractivity contribution in [2.45, 2.75) is 38.1 Å². The molecule has 1 amide bonds. The van der Waals surface area contributed by atoms with Gasteiger partial charge >= 0.3 is 0 Å². The van der Waals surface area contributed by atoms with Crippen LogP contribution >= 0.6 is 0 Å². The molecule has 6 nitrogen and oxygen atoms in total. The second-order valence-corrected chi connectivity index (χ2v) is 7.56. The van der Waals surface area contributed by atoms with Gasteiger partial charge in [-0.15, -0.1) is 0 Å². The Morgan fingerprint density at radius 2 is 2.08 bits per heavy atom. The van der Waals surface area contributed by atoms with Crippen LogP contribution in [0.25, 0.3) is 0 Å². The lowest BCUT2D eigenvalue weighted by Gasteiger charge is -2.34. The van der Waals surface area contributed by atoms with Crippen molar-refractivity contribution in [1.82, 2.24) is 24.9 Å². The van der Waals surface area contributed by atoms with Crippen molar-refractivity contribution in [2.75, 3.05) is 40.3 Å². The van der Waals surface area contributed by atoms with Gasteiger partial charge in [-0.05, 0) is 52.4 Å². The van der Waals surface area contributed by atoms with Crippen LogP contribution in [0, 0.1) is 5.92 Å². The Bertz CT molecular complexity index is 554. The van der Waals surface area contributed by atoms with Crippen LogP contribution in [0.15, 0.2) is 6.07 Å². The van der Waals surface area contributed by atoms with Crippen LogP contribution in [0.4, 0.5) is 0 Å². The second kappa shape index (κ2) is 7.66. The number of carbonyl (C=O) groups excluding carboxylic acids is 1. The Labute approximate surface area is 145 Å². The number of piperidine rings is 2. The molecule has 24 heavy (non-hydrogen) atoms. The third-order valence-corrected chi connectivity index (χ3v) is 5.34. The maximum Gasteiger partial charge on any atom is 0.226 e. The summed E-state index contributed by atoms with van der Waals surface area (Å²) in [4.78, 5) is 16.9. The van der Waals surface area contributed by atoms with Crippen LogP contribution in [0.1, 0.15) is 43.0 Å². The predicted octanol–water partition coefficient (Wildman–Crippen LogP) is 1.19. The molecule has 3 heterocycles. The van der Waals surface area contributed by atoms with Gasteiger partial charge in [-0.3, -0.25) is 9.48 Å². The molecule has 1 aromatic heterocycles. The zero-order chi connectivity index (χ0) is 17.1. The van der Waals surface area contributed by atoms with Crippen molar-refractivity contribution in [2.24, 2.45) is 13.0 Å². The number of carbonyl (C=O) groups is 1. The second-order valence-electron chi connectivity index (χ2n) is 7.56. The quantitative estimate of drug-likeness (QED) is 0.899. The molecule has 1 atom stereocenters. The van der Waals surface area contributed by atoms with E-state index in [0.717, 1.165) is 58.4 Å². The average molecular weight is 333 g/mol. The minimum atomic E-state index is 0.192. The summed E-state index contributed by atoms with van der Waals surface area (Å²) >= 11 is 0. The van der Waals surface area contributed by atoms with Crippen molar-refractivity contribution in [1.29, 1.82) is 0 Å². The summed E-state index contributed by atoms with van der Waals surface area (Å²) in [5, 5.41) is 8.07. The molecule has 2 fully saturated rings. The Morgan fingerprint density at radius 1 is 1.33 bits per heavy atom. The number of aryl methyl sites for hydroxylation is 1. The summed E-state index contributed by atoms with van der Waals surface area (Å²) in [6.45, 7) is 4.57. The molecular weight excluding hydrogens is 302 g/mol. The fourth-order valence-electron chi connectivity index (χ4n) is 3.92. The standard InChI is InChI=1S/C18H31N5O/c1-21(2)13-16-11-17(20-22(16)3)14-6-9-23(10-7-14)18(24)15-5-4-8-19-12-15/h11,14-15,19H,4-10,12-13H2,1-3H3. The van der Waals surface area contributed by atoms with Crippen molar-refractivity contribution in [3.05, 3.63) is 17.5 Å². The van der Waals surface area contributed by atoms with Crippen molar-refractivity contribution >= 4 is 5.91 Å². The van der Waals surface area contributed by atoms with E-state index in [2.05, 4.69) is 35.3 Å². The lowest BCUT2D eigenvalue weighted by molar-refractivity contribution is -0.137.